The minimum absolute atomic E-state index is 0.0708. The summed E-state index contributed by atoms with van der Waals surface area (Å²) >= 11 is 0. The third-order valence-electron chi connectivity index (χ3n) is 3.06. The molecule has 1 atom stereocenters. The second-order valence-corrected chi connectivity index (χ2v) is 4.74. The van der Waals surface area contributed by atoms with E-state index < -0.39 is 5.97 Å². The van der Waals surface area contributed by atoms with Gasteiger partial charge in [-0.1, -0.05) is 0 Å². The number of urea groups is 1. The first-order valence-electron chi connectivity index (χ1n) is 6.42. The Morgan fingerprint density at radius 1 is 1.39 bits per heavy atom. The van der Waals surface area contributed by atoms with E-state index in [-0.39, 0.29) is 18.5 Å². The standard InChI is InChI=1S/C12H22N2O4/c1-9(2-3-11(15)16)14-12(17)13-8-10-4-6-18-7-5-10/h9-10H,2-8H2,1H3,(H,15,16)(H2,13,14,17). The van der Waals surface area contributed by atoms with Crippen molar-refractivity contribution in [2.45, 2.75) is 38.6 Å². The zero-order valence-electron chi connectivity index (χ0n) is 10.8. The number of nitrogens with one attached hydrogen (secondary N) is 2. The van der Waals surface area contributed by atoms with Gasteiger partial charge in [-0.25, -0.2) is 4.79 Å². The van der Waals surface area contributed by atoms with Gasteiger partial charge in [0.15, 0.2) is 0 Å². The van der Waals surface area contributed by atoms with Gasteiger partial charge in [0, 0.05) is 32.2 Å². The molecular weight excluding hydrogens is 236 g/mol. The summed E-state index contributed by atoms with van der Waals surface area (Å²) in [7, 11) is 0. The number of carbonyl (C=O) groups is 2. The molecule has 0 spiro atoms. The molecule has 1 unspecified atom stereocenters. The van der Waals surface area contributed by atoms with E-state index in [1.165, 1.54) is 0 Å². The highest BCUT2D eigenvalue weighted by atomic mass is 16.5. The Labute approximate surface area is 107 Å². The highest BCUT2D eigenvalue weighted by Gasteiger charge is 2.15. The van der Waals surface area contributed by atoms with Gasteiger partial charge in [0.25, 0.3) is 0 Å². The van der Waals surface area contributed by atoms with E-state index in [0.29, 0.717) is 18.9 Å². The molecule has 1 saturated heterocycles. The molecular formula is C12H22N2O4. The minimum Gasteiger partial charge on any atom is -0.481 e. The fraction of sp³-hybridized carbons (Fsp3) is 0.833. The Hall–Kier alpha value is -1.30. The lowest BCUT2D eigenvalue weighted by Gasteiger charge is -2.22. The summed E-state index contributed by atoms with van der Waals surface area (Å²) in [6, 6.07) is -0.352. The molecule has 1 aliphatic heterocycles. The molecule has 1 rings (SSSR count). The molecule has 0 aromatic carbocycles. The second-order valence-electron chi connectivity index (χ2n) is 4.74. The third kappa shape index (κ3) is 6.44. The van der Waals surface area contributed by atoms with Crippen LogP contribution in [0.25, 0.3) is 0 Å². The number of aliphatic carboxylic acids is 1. The van der Waals surface area contributed by atoms with E-state index in [1.54, 1.807) is 6.92 Å². The number of hydrogen-bond donors (Lipinski definition) is 3. The highest BCUT2D eigenvalue weighted by Crippen LogP contribution is 2.12. The van der Waals surface area contributed by atoms with Crippen molar-refractivity contribution >= 4 is 12.0 Å². The molecule has 0 aromatic heterocycles. The molecule has 18 heavy (non-hydrogen) atoms. The summed E-state index contributed by atoms with van der Waals surface area (Å²) in [4.78, 5) is 21.9. The number of ether oxygens (including phenoxy) is 1. The smallest absolute Gasteiger partial charge is 0.315 e. The Morgan fingerprint density at radius 2 is 2.06 bits per heavy atom. The van der Waals surface area contributed by atoms with Crippen LogP contribution in [0.2, 0.25) is 0 Å². The normalized spacial score (nSPS) is 18.1. The largest absolute Gasteiger partial charge is 0.481 e. The van der Waals surface area contributed by atoms with E-state index in [2.05, 4.69) is 10.6 Å². The molecule has 6 nitrogen and oxygen atoms in total. The lowest BCUT2D eigenvalue weighted by molar-refractivity contribution is -0.137. The first-order valence-corrected chi connectivity index (χ1v) is 6.42. The van der Waals surface area contributed by atoms with Crippen molar-refractivity contribution in [1.82, 2.24) is 10.6 Å². The van der Waals surface area contributed by atoms with Crippen molar-refractivity contribution in [2.75, 3.05) is 19.8 Å². The van der Waals surface area contributed by atoms with Gasteiger partial charge >= 0.3 is 12.0 Å². The summed E-state index contributed by atoms with van der Waals surface area (Å²) < 4.78 is 5.24. The van der Waals surface area contributed by atoms with Crippen LogP contribution in [-0.4, -0.2) is 42.9 Å². The van der Waals surface area contributed by atoms with Crippen LogP contribution < -0.4 is 10.6 Å². The monoisotopic (exact) mass is 258 g/mol. The van der Waals surface area contributed by atoms with Crippen LogP contribution in [0.5, 0.6) is 0 Å². The Kier molecular flexibility index (Phi) is 6.49. The molecule has 1 aliphatic rings. The van der Waals surface area contributed by atoms with Crippen molar-refractivity contribution in [3.63, 3.8) is 0 Å². The molecule has 1 heterocycles. The van der Waals surface area contributed by atoms with Gasteiger partial charge in [0.2, 0.25) is 0 Å². The van der Waals surface area contributed by atoms with E-state index in [0.717, 1.165) is 26.1 Å². The lowest BCUT2D eigenvalue weighted by atomic mass is 10.0. The number of carboxylic acids is 1. The fourth-order valence-electron chi connectivity index (χ4n) is 1.87. The zero-order valence-corrected chi connectivity index (χ0v) is 10.8. The molecule has 6 heteroatoms. The Bertz CT molecular complexity index is 277. The molecule has 1 fully saturated rings. The average Bonchev–Trinajstić information content (AvgIpc) is 2.35. The molecule has 0 aromatic rings. The van der Waals surface area contributed by atoms with Gasteiger partial charge in [-0.05, 0) is 32.1 Å². The summed E-state index contributed by atoms with van der Waals surface area (Å²) in [5.74, 6) is -0.356. The minimum atomic E-state index is -0.841. The molecule has 3 N–H and O–H groups in total. The van der Waals surface area contributed by atoms with Crippen molar-refractivity contribution in [3.05, 3.63) is 0 Å². The van der Waals surface area contributed by atoms with E-state index in [4.69, 9.17) is 9.84 Å². The van der Waals surface area contributed by atoms with Crippen molar-refractivity contribution < 1.29 is 19.4 Å². The average molecular weight is 258 g/mol. The molecule has 0 aliphatic carbocycles. The number of carboxylic acid groups (broad SMARTS) is 1. The van der Waals surface area contributed by atoms with Gasteiger partial charge in [-0.2, -0.15) is 0 Å². The topological polar surface area (TPSA) is 87.7 Å². The molecule has 0 saturated carbocycles. The fourth-order valence-corrected chi connectivity index (χ4v) is 1.87. The second kappa shape index (κ2) is 7.92. The summed E-state index contributed by atoms with van der Waals surface area (Å²) in [5.41, 5.74) is 0. The number of carbonyl (C=O) groups excluding carboxylic acids is 1. The molecule has 0 radical (unpaired) electrons. The molecule has 2 amide bonds. The number of amides is 2. The van der Waals surface area contributed by atoms with Gasteiger partial charge in [0.1, 0.15) is 0 Å². The van der Waals surface area contributed by atoms with Gasteiger partial charge < -0.3 is 20.5 Å². The van der Waals surface area contributed by atoms with Gasteiger partial charge in [-0.3, -0.25) is 4.79 Å². The maximum atomic E-state index is 11.5. The predicted octanol–water partition coefficient (Wildman–Crippen LogP) is 0.965. The molecule has 104 valence electrons. The zero-order chi connectivity index (χ0) is 13.4. The van der Waals surface area contributed by atoms with Crippen molar-refractivity contribution in [3.8, 4) is 0 Å². The molecule has 0 bridgehead atoms. The van der Waals surface area contributed by atoms with Crippen LogP contribution in [0.3, 0.4) is 0 Å². The van der Waals surface area contributed by atoms with Crippen molar-refractivity contribution in [1.29, 1.82) is 0 Å². The first-order chi connectivity index (χ1) is 8.58. The number of rotatable bonds is 6. The highest BCUT2D eigenvalue weighted by molar-refractivity contribution is 5.74. The Balaban J connectivity index is 2.10. The van der Waals surface area contributed by atoms with Crippen LogP contribution >= 0.6 is 0 Å². The lowest BCUT2D eigenvalue weighted by Crippen LogP contribution is -2.43. The van der Waals surface area contributed by atoms with Crippen molar-refractivity contribution in [2.24, 2.45) is 5.92 Å². The van der Waals surface area contributed by atoms with Gasteiger partial charge in [-0.15, -0.1) is 0 Å². The first kappa shape index (κ1) is 14.8. The Morgan fingerprint density at radius 3 is 2.67 bits per heavy atom. The quantitative estimate of drug-likeness (QED) is 0.662. The SMILES string of the molecule is CC(CCC(=O)O)NC(=O)NCC1CCOCC1. The predicted molar refractivity (Wildman–Crippen MR) is 66.4 cm³/mol. The van der Waals surface area contributed by atoms with Crippen LogP contribution in [-0.2, 0) is 9.53 Å². The van der Waals surface area contributed by atoms with Crippen LogP contribution in [0, 0.1) is 5.92 Å². The van der Waals surface area contributed by atoms with E-state index in [9.17, 15) is 9.59 Å². The third-order valence-corrected chi connectivity index (χ3v) is 3.06. The van der Waals surface area contributed by atoms with E-state index in [1.807, 2.05) is 0 Å². The van der Waals surface area contributed by atoms with Gasteiger partial charge in [0.05, 0.1) is 0 Å². The van der Waals surface area contributed by atoms with Crippen LogP contribution in [0.15, 0.2) is 0 Å². The summed E-state index contributed by atoms with van der Waals surface area (Å²) in [6.45, 7) is 3.99. The summed E-state index contributed by atoms with van der Waals surface area (Å²) in [6.07, 6.45) is 2.48. The maximum Gasteiger partial charge on any atom is 0.315 e. The maximum absolute atomic E-state index is 11.5. The van der Waals surface area contributed by atoms with E-state index >= 15 is 0 Å². The van der Waals surface area contributed by atoms with Crippen LogP contribution in [0.4, 0.5) is 4.79 Å². The number of hydrogen-bond acceptors (Lipinski definition) is 3. The summed E-state index contributed by atoms with van der Waals surface area (Å²) in [5, 5.41) is 14.1. The van der Waals surface area contributed by atoms with Crippen LogP contribution in [0.1, 0.15) is 32.6 Å².